The molecule has 6 aromatic rings. The van der Waals surface area contributed by atoms with E-state index in [0.717, 1.165) is 11.4 Å². The molecule has 0 bridgehead atoms. The lowest BCUT2D eigenvalue weighted by molar-refractivity contribution is -0.154. The number of aliphatic hydroxyl groups is 2. The van der Waals surface area contributed by atoms with E-state index in [9.17, 15) is 48.6 Å². The number of carboxylic acid groups (broad SMARTS) is 2. The predicted molar refractivity (Wildman–Crippen MR) is 331 cm³/mol. The third-order valence-corrected chi connectivity index (χ3v) is 14.3. The Morgan fingerprint density at radius 1 is 0.644 bits per heavy atom. The quantitative estimate of drug-likeness (QED) is 0.0484. The standard InChI is InChI=1S/2C15H15N7O2.2C15H26O6/c2*1-17-13(23)8-2-4-9(5-3-8)18-6-10-7-19-12-11(20-10)14(24)22-15(16)21-12;1-9(14(18)19)5-6-13(17)20-8-11-10(16)7-12(21-11)15(2,3)4;1-9(14(18)19)5-6-13(17)21-10-7-12(15(2,3)4)20-11(10)8-16/h2*2-5,7,18H,6H2,1H3,(H,17,23)(H3,16,19,21,22,24);2*9-12,16H,5-8H2,1-4H3,(H,18,19). The third kappa shape index (κ3) is 21.8. The van der Waals surface area contributed by atoms with E-state index < -0.39 is 71.2 Å². The maximum Gasteiger partial charge on any atom is 0.306 e. The average molecular weight is 1260 g/mol. The number of aromatic amines is 2. The number of nitrogen functional groups attached to an aromatic ring is 2. The number of benzene rings is 2. The fourth-order valence-corrected chi connectivity index (χ4v) is 8.65. The van der Waals surface area contributed by atoms with E-state index in [4.69, 9.17) is 40.6 Å². The van der Waals surface area contributed by atoms with Gasteiger partial charge in [-0.3, -0.25) is 48.3 Å². The summed E-state index contributed by atoms with van der Waals surface area (Å²) in [7, 11) is 3.16. The van der Waals surface area contributed by atoms with E-state index in [0.29, 0.717) is 48.4 Å². The second-order valence-electron chi connectivity index (χ2n) is 23.5. The van der Waals surface area contributed by atoms with Gasteiger partial charge in [0.2, 0.25) is 11.9 Å². The molecule has 4 aromatic heterocycles. The minimum atomic E-state index is -0.926. The van der Waals surface area contributed by atoms with E-state index in [1.54, 1.807) is 76.5 Å². The molecule has 0 spiro atoms. The Labute approximate surface area is 518 Å². The van der Waals surface area contributed by atoms with Crippen molar-refractivity contribution in [3.05, 3.63) is 104 Å². The number of rotatable bonds is 20. The smallest absolute Gasteiger partial charge is 0.306 e. The van der Waals surface area contributed by atoms with Crippen molar-refractivity contribution < 1.29 is 68.1 Å². The monoisotopic (exact) mass is 1250 g/mol. The maximum atomic E-state index is 11.8. The number of esters is 2. The van der Waals surface area contributed by atoms with Gasteiger partial charge in [0, 0.05) is 62.3 Å². The van der Waals surface area contributed by atoms with Crippen LogP contribution in [0, 0.1) is 22.7 Å². The van der Waals surface area contributed by atoms with Crippen LogP contribution >= 0.6 is 0 Å². The number of carbonyl (C=O) groups excluding carboxylic acids is 4. The number of fused-ring (bicyclic) bond motifs is 2. The number of hydrogen-bond acceptors (Lipinski definition) is 24. The zero-order valence-electron chi connectivity index (χ0n) is 52.0. The zero-order valence-corrected chi connectivity index (χ0v) is 52.0. The molecule has 0 saturated carbocycles. The molecule has 6 heterocycles. The highest BCUT2D eigenvalue weighted by Gasteiger charge is 2.43. The van der Waals surface area contributed by atoms with Gasteiger partial charge in [-0.2, -0.15) is 9.97 Å². The van der Waals surface area contributed by atoms with Crippen molar-refractivity contribution in [3.8, 4) is 0 Å². The summed E-state index contributed by atoms with van der Waals surface area (Å²) in [5, 5.41) is 48.2. The van der Waals surface area contributed by atoms with Crippen molar-refractivity contribution >= 4 is 81.3 Å². The summed E-state index contributed by atoms with van der Waals surface area (Å²) in [6.45, 7) is 15.8. The Hall–Kier alpha value is -9.26. The molecular weight excluding hydrogens is 1170 g/mol. The van der Waals surface area contributed by atoms with E-state index in [1.807, 2.05) is 41.5 Å². The number of nitrogens with one attached hydrogen (secondary N) is 6. The molecule has 2 fully saturated rings. The molecule has 8 rings (SSSR count). The van der Waals surface area contributed by atoms with Crippen LogP contribution in [-0.2, 0) is 51.2 Å². The van der Waals surface area contributed by atoms with Crippen LogP contribution in [0.15, 0.2) is 70.5 Å². The maximum absolute atomic E-state index is 11.8. The summed E-state index contributed by atoms with van der Waals surface area (Å²) in [5.74, 6) is -4.18. The van der Waals surface area contributed by atoms with E-state index >= 15 is 0 Å². The first kappa shape index (κ1) is 71.5. The van der Waals surface area contributed by atoms with Crippen molar-refractivity contribution in [2.75, 3.05) is 49.4 Å². The minimum Gasteiger partial charge on any atom is -0.481 e. The molecule has 8 unspecified atom stereocenters. The first-order chi connectivity index (χ1) is 42.4. The molecule has 30 nitrogen and oxygen atoms in total. The Kier molecular flexibility index (Phi) is 26.1. The number of nitrogens with two attached hydrogens (primary N) is 2. The Bertz CT molecular complexity index is 3380. The first-order valence-electron chi connectivity index (χ1n) is 28.9. The normalized spacial score (nSPS) is 18.4. The van der Waals surface area contributed by atoms with Gasteiger partial charge in [0.25, 0.3) is 22.9 Å². The van der Waals surface area contributed by atoms with Gasteiger partial charge in [0.05, 0.1) is 73.6 Å². The number of aliphatic carboxylic acids is 2. The lowest BCUT2D eigenvalue weighted by Crippen LogP contribution is -2.30. The number of nitrogens with zero attached hydrogens (tertiary/aromatic N) is 6. The van der Waals surface area contributed by atoms with Gasteiger partial charge < -0.3 is 72.1 Å². The molecule has 2 saturated heterocycles. The van der Waals surface area contributed by atoms with Crippen molar-refractivity contribution in [2.24, 2.45) is 22.7 Å². The molecule has 2 amide bonds. The Morgan fingerprint density at radius 3 is 1.44 bits per heavy atom. The SMILES string of the molecule is CC(CCC(=O)OC1CC(C(C)(C)C)OC1CO)C(=O)O.CC(CCC(=O)OCC1OC(C(C)(C)C)CC1O)C(=O)O.CNC(=O)c1ccc(NCc2cnc3nc(N)[nH]c(=O)c3n2)cc1.CNC(=O)c1ccc(NCc2cnc3nc(N)[nH]c(=O)c3n2)cc1. The van der Waals surface area contributed by atoms with Gasteiger partial charge in [-0.05, 0) is 72.2 Å². The molecule has 2 aliphatic rings. The van der Waals surface area contributed by atoms with Crippen LogP contribution in [0.25, 0.3) is 22.3 Å². The van der Waals surface area contributed by atoms with Crippen LogP contribution in [0.4, 0.5) is 23.3 Å². The number of H-pyrrole nitrogens is 2. The van der Waals surface area contributed by atoms with Crippen LogP contribution in [0.2, 0.25) is 0 Å². The largest absolute Gasteiger partial charge is 0.481 e. The molecule has 14 N–H and O–H groups in total. The summed E-state index contributed by atoms with van der Waals surface area (Å²) < 4.78 is 21.9. The molecule has 30 heteroatoms. The lowest BCUT2D eigenvalue weighted by atomic mass is 9.87. The van der Waals surface area contributed by atoms with Gasteiger partial charge in [0.15, 0.2) is 22.3 Å². The van der Waals surface area contributed by atoms with Crippen molar-refractivity contribution in [2.45, 2.75) is 144 Å². The van der Waals surface area contributed by atoms with Crippen molar-refractivity contribution in [1.82, 2.24) is 50.5 Å². The van der Waals surface area contributed by atoms with Crippen LogP contribution < -0.4 is 43.9 Å². The molecule has 2 aromatic carbocycles. The van der Waals surface area contributed by atoms with Crippen LogP contribution in [0.1, 0.15) is 126 Å². The van der Waals surface area contributed by atoms with Crippen LogP contribution in [0.5, 0.6) is 0 Å². The first-order valence-corrected chi connectivity index (χ1v) is 28.9. The molecule has 488 valence electrons. The van der Waals surface area contributed by atoms with Gasteiger partial charge in [0.1, 0.15) is 24.9 Å². The lowest BCUT2D eigenvalue weighted by Gasteiger charge is -2.26. The molecule has 2 aliphatic heterocycles. The predicted octanol–water partition coefficient (Wildman–Crippen LogP) is 3.72. The van der Waals surface area contributed by atoms with Gasteiger partial charge in [-0.25, -0.2) is 19.9 Å². The topological polar surface area (TPSA) is 463 Å². The number of ether oxygens (including phenoxy) is 4. The number of carboxylic acids is 2. The fourth-order valence-electron chi connectivity index (χ4n) is 8.65. The number of carbonyl (C=O) groups is 6. The van der Waals surface area contributed by atoms with Gasteiger partial charge >= 0.3 is 23.9 Å². The molecule has 0 radical (unpaired) electrons. The van der Waals surface area contributed by atoms with Crippen LogP contribution in [-0.4, -0.2) is 160 Å². The third-order valence-electron chi connectivity index (χ3n) is 14.3. The Morgan fingerprint density at radius 2 is 1.06 bits per heavy atom. The van der Waals surface area contributed by atoms with E-state index in [2.05, 4.69) is 61.1 Å². The summed E-state index contributed by atoms with van der Waals surface area (Å²) in [4.78, 5) is 121. The van der Waals surface area contributed by atoms with Crippen molar-refractivity contribution in [3.63, 3.8) is 0 Å². The molecule has 90 heavy (non-hydrogen) atoms. The molecule has 8 atom stereocenters. The zero-order chi connectivity index (χ0) is 66.6. The average Bonchev–Trinajstić information content (AvgIpc) is 2.47. The Balaban J connectivity index is 0.000000219. The number of aliphatic hydroxyl groups excluding tert-OH is 2. The molecular formula is C60H82N14O16. The summed E-state index contributed by atoms with van der Waals surface area (Å²) in [6, 6.07) is 14.0. The highest BCUT2D eigenvalue weighted by Crippen LogP contribution is 2.36. The number of amides is 2. The minimum absolute atomic E-state index is 0.00359. The second-order valence-corrected chi connectivity index (χ2v) is 23.5. The highest BCUT2D eigenvalue weighted by atomic mass is 16.6. The fraction of sp³-hybridized carbons (Fsp3) is 0.500. The number of anilines is 4. The van der Waals surface area contributed by atoms with Gasteiger partial charge in [-0.1, -0.05) is 55.4 Å². The summed E-state index contributed by atoms with van der Waals surface area (Å²) in [5.41, 5.74) is 14.5. The van der Waals surface area contributed by atoms with E-state index in [1.165, 1.54) is 12.4 Å². The summed E-state index contributed by atoms with van der Waals surface area (Å²) in [6.07, 6.45) is 2.48. The van der Waals surface area contributed by atoms with Crippen LogP contribution in [0.3, 0.4) is 0 Å². The number of hydrogen-bond donors (Lipinski definition) is 12. The number of aromatic nitrogens is 8. The second kappa shape index (κ2) is 32.8. The molecule has 0 aliphatic carbocycles. The highest BCUT2D eigenvalue weighted by molar-refractivity contribution is 5.94. The van der Waals surface area contributed by atoms with Gasteiger partial charge in [-0.15, -0.1) is 0 Å². The van der Waals surface area contributed by atoms with Crippen molar-refractivity contribution in [1.29, 1.82) is 0 Å². The summed E-state index contributed by atoms with van der Waals surface area (Å²) >= 11 is 0. The van der Waals surface area contributed by atoms with E-state index in [-0.39, 0.29) is 108 Å².